The number of benzene rings is 1. The Labute approximate surface area is 187 Å². The summed E-state index contributed by atoms with van der Waals surface area (Å²) < 4.78 is 14.2. The van der Waals surface area contributed by atoms with Crippen molar-refractivity contribution in [1.82, 2.24) is 20.2 Å². The van der Waals surface area contributed by atoms with Crippen molar-refractivity contribution in [3.8, 4) is 5.88 Å². The van der Waals surface area contributed by atoms with Crippen molar-refractivity contribution in [3.63, 3.8) is 0 Å². The average Bonchev–Trinajstić information content (AvgIpc) is 3.30. The highest BCUT2D eigenvalue weighted by Crippen LogP contribution is 2.41. The van der Waals surface area contributed by atoms with E-state index in [-0.39, 0.29) is 17.3 Å². The van der Waals surface area contributed by atoms with Gasteiger partial charge >= 0.3 is 0 Å². The quantitative estimate of drug-likeness (QED) is 0.391. The van der Waals surface area contributed by atoms with Crippen LogP contribution in [0.2, 0.25) is 0 Å². The summed E-state index contributed by atoms with van der Waals surface area (Å²) in [5, 5.41) is 14.3. The number of nitrogens with one attached hydrogen (secondary N) is 3. The Morgan fingerprint density at radius 3 is 2.78 bits per heavy atom. The van der Waals surface area contributed by atoms with Crippen LogP contribution in [0.15, 0.2) is 24.3 Å². The molecule has 7 heteroatoms. The van der Waals surface area contributed by atoms with Gasteiger partial charge in [-0.1, -0.05) is 32.1 Å². The molecule has 2 heterocycles. The first-order valence-electron chi connectivity index (χ1n) is 11.4. The number of para-hydroxylation sites is 1. The van der Waals surface area contributed by atoms with E-state index in [1.54, 1.807) is 12.1 Å². The summed E-state index contributed by atoms with van der Waals surface area (Å²) in [4.78, 5) is 21.5. The molecular weight excluding hydrogens is 407 g/mol. The number of aromatic nitrogens is 2. The van der Waals surface area contributed by atoms with Gasteiger partial charge in [0.05, 0.1) is 22.3 Å². The molecule has 1 aromatic carbocycles. The normalized spacial score (nSPS) is 13.5. The zero-order valence-electron chi connectivity index (χ0n) is 18.9. The van der Waals surface area contributed by atoms with Gasteiger partial charge in [-0.25, -0.2) is 4.39 Å². The summed E-state index contributed by atoms with van der Waals surface area (Å²) in [6, 6.07) is 4.79. The Kier molecular flexibility index (Phi) is 6.37. The fourth-order valence-electron chi connectivity index (χ4n) is 4.73. The molecule has 0 bridgehead atoms. The molecule has 1 amide bonds. The molecule has 0 aliphatic heterocycles. The summed E-state index contributed by atoms with van der Waals surface area (Å²) in [5.74, 6) is -0.554. The molecule has 6 nitrogen and oxygen atoms in total. The minimum Gasteiger partial charge on any atom is -0.494 e. The maximum Gasteiger partial charge on any atom is 0.253 e. The molecule has 0 fully saturated rings. The molecule has 32 heavy (non-hydrogen) atoms. The molecule has 3 aromatic rings. The standard InChI is InChI=1S/C25H31FN4O2/c1-4-30(5-2)14-8-13-27-24(31)20-15(3)28-22-16(20)9-6-10-17(22)21-18-11-7-12-19(26)23(18)29-25(21)32/h7,10-12,28-29,32H,4-6,8-9,13-14H2,1-3H3,(H,27,31). The van der Waals surface area contributed by atoms with Gasteiger partial charge in [-0.15, -0.1) is 0 Å². The van der Waals surface area contributed by atoms with Crippen molar-refractivity contribution < 1.29 is 14.3 Å². The first-order chi connectivity index (χ1) is 15.5. The number of amides is 1. The lowest BCUT2D eigenvalue weighted by atomic mass is 9.89. The van der Waals surface area contributed by atoms with Crippen LogP contribution in [-0.2, 0) is 6.42 Å². The highest BCUT2D eigenvalue weighted by Gasteiger charge is 2.28. The molecule has 170 valence electrons. The van der Waals surface area contributed by atoms with E-state index in [4.69, 9.17) is 0 Å². The Morgan fingerprint density at radius 2 is 2.03 bits per heavy atom. The average molecular weight is 439 g/mol. The molecule has 0 unspecified atom stereocenters. The van der Waals surface area contributed by atoms with Crippen LogP contribution < -0.4 is 5.32 Å². The number of nitrogens with zero attached hydrogens (tertiary/aromatic N) is 1. The molecule has 4 rings (SSSR count). The van der Waals surface area contributed by atoms with E-state index in [1.807, 2.05) is 13.0 Å². The number of carbonyl (C=O) groups excluding carboxylic acids is 1. The van der Waals surface area contributed by atoms with Gasteiger partial charge < -0.3 is 25.3 Å². The van der Waals surface area contributed by atoms with Crippen LogP contribution in [0.4, 0.5) is 4.39 Å². The predicted molar refractivity (Wildman–Crippen MR) is 126 cm³/mol. The summed E-state index contributed by atoms with van der Waals surface area (Å²) in [6.45, 7) is 9.78. The van der Waals surface area contributed by atoms with E-state index >= 15 is 0 Å². The van der Waals surface area contributed by atoms with Crippen molar-refractivity contribution in [2.75, 3.05) is 26.2 Å². The molecule has 2 aromatic heterocycles. The van der Waals surface area contributed by atoms with Crippen molar-refractivity contribution in [2.24, 2.45) is 0 Å². The van der Waals surface area contributed by atoms with E-state index in [0.29, 0.717) is 23.1 Å². The SMILES string of the molecule is CCN(CC)CCCNC(=O)c1c(C)[nH]c2c1CCC=C2c1c(O)[nH]c2c(F)cccc12. The molecule has 4 N–H and O–H groups in total. The van der Waals surface area contributed by atoms with Crippen molar-refractivity contribution in [1.29, 1.82) is 0 Å². The number of halogens is 1. The number of aromatic amines is 2. The fourth-order valence-corrected chi connectivity index (χ4v) is 4.73. The Hall–Kier alpha value is -3.06. The molecule has 1 aliphatic carbocycles. The predicted octanol–water partition coefficient (Wildman–Crippen LogP) is 4.49. The van der Waals surface area contributed by atoms with Gasteiger partial charge in [0.1, 0.15) is 5.82 Å². The molecular formula is C25H31FN4O2. The number of rotatable bonds is 8. The zero-order valence-corrected chi connectivity index (χ0v) is 18.9. The highest BCUT2D eigenvalue weighted by molar-refractivity contribution is 6.03. The lowest BCUT2D eigenvalue weighted by molar-refractivity contribution is 0.0950. The van der Waals surface area contributed by atoms with Crippen LogP contribution in [-0.4, -0.2) is 52.1 Å². The third-order valence-electron chi connectivity index (χ3n) is 6.39. The van der Waals surface area contributed by atoms with Crippen LogP contribution >= 0.6 is 0 Å². The molecule has 0 saturated heterocycles. The lowest BCUT2D eigenvalue weighted by Gasteiger charge is -2.18. The molecule has 0 atom stereocenters. The van der Waals surface area contributed by atoms with Crippen LogP contribution in [0.1, 0.15) is 59.6 Å². The minimum absolute atomic E-state index is 0.0705. The van der Waals surface area contributed by atoms with Crippen LogP contribution in [0.3, 0.4) is 0 Å². The Balaban J connectivity index is 1.60. The van der Waals surface area contributed by atoms with Gasteiger partial charge in [0, 0.05) is 23.2 Å². The molecule has 1 aliphatic rings. The fraction of sp³-hybridized carbons (Fsp3) is 0.400. The van der Waals surface area contributed by atoms with Crippen molar-refractivity contribution in [3.05, 3.63) is 58.2 Å². The third-order valence-corrected chi connectivity index (χ3v) is 6.39. The van der Waals surface area contributed by atoms with E-state index < -0.39 is 5.82 Å². The smallest absolute Gasteiger partial charge is 0.253 e. The van der Waals surface area contributed by atoms with Gasteiger partial charge in [-0.2, -0.15) is 0 Å². The maximum absolute atomic E-state index is 14.2. The van der Waals surface area contributed by atoms with E-state index in [2.05, 4.69) is 34.0 Å². The lowest BCUT2D eigenvalue weighted by Crippen LogP contribution is -2.30. The van der Waals surface area contributed by atoms with Gasteiger partial charge in [0.2, 0.25) is 0 Å². The number of hydrogen-bond acceptors (Lipinski definition) is 3. The number of aryl methyl sites for hydroxylation is 1. The second-order valence-electron chi connectivity index (χ2n) is 8.28. The van der Waals surface area contributed by atoms with Crippen LogP contribution in [0.5, 0.6) is 5.88 Å². The number of allylic oxidation sites excluding steroid dienone is 1. The number of carbonyl (C=O) groups is 1. The zero-order chi connectivity index (χ0) is 22.8. The minimum atomic E-state index is -0.409. The Morgan fingerprint density at radius 1 is 1.25 bits per heavy atom. The number of H-pyrrole nitrogens is 2. The van der Waals surface area contributed by atoms with Gasteiger partial charge in [0.25, 0.3) is 5.91 Å². The summed E-state index contributed by atoms with van der Waals surface area (Å²) in [6.07, 6.45) is 4.42. The van der Waals surface area contributed by atoms with E-state index in [1.165, 1.54) is 6.07 Å². The maximum atomic E-state index is 14.2. The topological polar surface area (TPSA) is 84.2 Å². The first-order valence-corrected chi connectivity index (χ1v) is 11.4. The molecule has 0 saturated carbocycles. The second-order valence-corrected chi connectivity index (χ2v) is 8.28. The molecule has 0 spiro atoms. The van der Waals surface area contributed by atoms with Crippen molar-refractivity contribution >= 4 is 22.4 Å². The largest absolute Gasteiger partial charge is 0.494 e. The van der Waals surface area contributed by atoms with E-state index in [9.17, 15) is 14.3 Å². The number of fused-ring (bicyclic) bond motifs is 2. The van der Waals surface area contributed by atoms with Gasteiger partial charge in [-0.3, -0.25) is 4.79 Å². The van der Waals surface area contributed by atoms with Crippen LogP contribution in [0, 0.1) is 12.7 Å². The van der Waals surface area contributed by atoms with Gasteiger partial charge in [-0.05, 0) is 57.5 Å². The molecule has 0 radical (unpaired) electrons. The van der Waals surface area contributed by atoms with Gasteiger partial charge in [0.15, 0.2) is 5.88 Å². The summed E-state index contributed by atoms with van der Waals surface area (Å²) >= 11 is 0. The van der Waals surface area contributed by atoms with E-state index in [0.717, 1.165) is 61.4 Å². The number of hydrogen-bond donors (Lipinski definition) is 4. The second kappa shape index (κ2) is 9.20. The monoisotopic (exact) mass is 438 g/mol. The third kappa shape index (κ3) is 3.93. The van der Waals surface area contributed by atoms with Crippen LogP contribution in [0.25, 0.3) is 16.5 Å². The summed E-state index contributed by atoms with van der Waals surface area (Å²) in [5.41, 5.74) is 4.89. The first kappa shape index (κ1) is 22.1. The Bertz CT molecular complexity index is 1170. The number of aromatic hydroxyl groups is 1. The van der Waals surface area contributed by atoms with Crippen molar-refractivity contribution in [2.45, 2.75) is 40.0 Å². The highest BCUT2D eigenvalue weighted by atomic mass is 19.1. The summed E-state index contributed by atoms with van der Waals surface area (Å²) in [7, 11) is 0.